The van der Waals surface area contributed by atoms with Crippen LogP contribution in [0.4, 0.5) is 9.59 Å². The summed E-state index contributed by atoms with van der Waals surface area (Å²) in [5.41, 5.74) is 4.04. The fourth-order valence-corrected chi connectivity index (χ4v) is 3.73. The topological polar surface area (TPSA) is 103 Å². The lowest BCUT2D eigenvalue weighted by Gasteiger charge is -2.29. The van der Waals surface area contributed by atoms with E-state index in [9.17, 15) is 14.4 Å². The number of benzene rings is 2. The minimum atomic E-state index is -1.06. The highest BCUT2D eigenvalue weighted by molar-refractivity contribution is 5.81. The fourth-order valence-electron chi connectivity index (χ4n) is 3.73. The summed E-state index contributed by atoms with van der Waals surface area (Å²) in [4.78, 5) is 37.1. The maximum absolute atomic E-state index is 12.8. The summed E-state index contributed by atoms with van der Waals surface area (Å²) in [6.07, 6.45) is -1.56. The van der Waals surface area contributed by atoms with Crippen LogP contribution in [0.5, 0.6) is 0 Å². The van der Waals surface area contributed by atoms with Crippen LogP contribution in [-0.4, -0.2) is 37.5 Å². The van der Waals surface area contributed by atoms with Crippen molar-refractivity contribution in [1.82, 2.24) is 10.6 Å². The van der Waals surface area contributed by atoms with Gasteiger partial charge in [0.2, 0.25) is 0 Å². The molecule has 2 aromatic rings. The Bertz CT molecular complexity index is 1240. The SMILES string of the molecule is C=CC(=O)OCC(COC(=O)NC(C)(C)c1ccc(C(=C)C)cc1)OC(=O)NC(C)(C)c1ccc(C(=C)C)cc1. The molecule has 8 nitrogen and oxygen atoms in total. The van der Waals surface area contributed by atoms with E-state index in [1.807, 2.05) is 90.1 Å². The molecule has 2 rings (SSSR count). The summed E-state index contributed by atoms with van der Waals surface area (Å²) < 4.78 is 15.9. The van der Waals surface area contributed by atoms with Crippen molar-refractivity contribution in [2.45, 2.75) is 58.7 Å². The Kier molecular flexibility index (Phi) is 10.9. The van der Waals surface area contributed by atoms with E-state index in [0.29, 0.717) is 0 Å². The smallest absolute Gasteiger partial charge is 0.408 e. The lowest BCUT2D eigenvalue weighted by molar-refractivity contribution is -0.141. The molecule has 1 atom stereocenters. The van der Waals surface area contributed by atoms with Gasteiger partial charge in [-0.1, -0.05) is 79.4 Å². The fraction of sp³-hybridized carbons (Fsp3) is 0.344. The molecule has 1 unspecified atom stereocenters. The second-order valence-corrected chi connectivity index (χ2v) is 10.7. The molecule has 0 fully saturated rings. The molecule has 0 aliphatic rings. The molecule has 0 radical (unpaired) electrons. The second-order valence-electron chi connectivity index (χ2n) is 10.7. The lowest BCUT2D eigenvalue weighted by atomic mass is 9.93. The molecule has 0 heterocycles. The third-order valence-corrected chi connectivity index (χ3v) is 6.28. The first-order valence-corrected chi connectivity index (χ1v) is 12.9. The summed E-state index contributed by atoms with van der Waals surface area (Å²) in [7, 11) is 0. The van der Waals surface area contributed by atoms with E-state index in [4.69, 9.17) is 14.2 Å². The van der Waals surface area contributed by atoms with Gasteiger partial charge in [-0.05, 0) is 63.8 Å². The number of carbonyl (C=O) groups excluding carboxylic acids is 3. The van der Waals surface area contributed by atoms with Gasteiger partial charge < -0.3 is 24.8 Å². The van der Waals surface area contributed by atoms with Gasteiger partial charge in [0.25, 0.3) is 0 Å². The number of alkyl carbamates (subject to hydrolysis) is 2. The third-order valence-electron chi connectivity index (χ3n) is 6.28. The van der Waals surface area contributed by atoms with Crippen molar-refractivity contribution in [2.24, 2.45) is 0 Å². The lowest BCUT2D eigenvalue weighted by Crippen LogP contribution is -2.45. The maximum Gasteiger partial charge on any atom is 0.408 e. The van der Waals surface area contributed by atoms with E-state index in [-0.39, 0.29) is 13.2 Å². The molecule has 0 saturated heterocycles. The van der Waals surface area contributed by atoms with Crippen molar-refractivity contribution in [3.63, 3.8) is 0 Å². The highest BCUT2D eigenvalue weighted by atomic mass is 16.6. The van der Waals surface area contributed by atoms with Crippen LogP contribution in [-0.2, 0) is 30.1 Å². The minimum Gasteiger partial charge on any atom is -0.458 e. The Balaban J connectivity index is 2.03. The number of hydrogen-bond acceptors (Lipinski definition) is 6. The molecule has 0 aliphatic carbocycles. The average molecular weight is 549 g/mol. The number of amides is 2. The zero-order chi connectivity index (χ0) is 30.1. The number of ether oxygens (including phenoxy) is 3. The summed E-state index contributed by atoms with van der Waals surface area (Å²) in [5, 5.41) is 5.61. The number of rotatable bonds is 12. The molecule has 0 aromatic heterocycles. The number of hydrogen-bond donors (Lipinski definition) is 2. The zero-order valence-corrected chi connectivity index (χ0v) is 24.3. The Labute approximate surface area is 237 Å². The number of allylic oxidation sites excluding steroid dienone is 2. The van der Waals surface area contributed by atoms with E-state index >= 15 is 0 Å². The summed E-state index contributed by atoms with van der Waals surface area (Å²) in [5.74, 6) is -0.698. The van der Waals surface area contributed by atoms with Crippen LogP contribution >= 0.6 is 0 Å². The normalized spacial score (nSPS) is 11.9. The van der Waals surface area contributed by atoms with Crippen LogP contribution < -0.4 is 10.6 Å². The van der Waals surface area contributed by atoms with Crippen LogP contribution in [0.25, 0.3) is 11.1 Å². The third kappa shape index (κ3) is 9.45. The van der Waals surface area contributed by atoms with Crippen LogP contribution in [0.3, 0.4) is 0 Å². The molecule has 8 heteroatoms. The quantitative estimate of drug-likeness (QED) is 0.179. The highest BCUT2D eigenvalue weighted by Crippen LogP contribution is 2.24. The van der Waals surface area contributed by atoms with Gasteiger partial charge in [-0.3, -0.25) is 0 Å². The molecule has 2 N–H and O–H groups in total. The van der Waals surface area contributed by atoms with Crippen LogP contribution in [0.15, 0.2) is 74.3 Å². The molecule has 0 saturated carbocycles. The largest absolute Gasteiger partial charge is 0.458 e. The zero-order valence-electron chi connectivity index (χ0n) is 24.3. The molecule has 40 heavy (non-hydrogen) atoms. The monoisotopic (exact) mass is 548 g/mol. The van der Waals surface area contributed by atoms with Crippen molar-refractivity contribution < 1.29 is 28.6 Å². The first-order valence-electron chi connectivity index (χ1n) is 12.9. The molecule has 2 amide bonds. The van der Waals surface area contributed by atoms with Gasteiger partial charge in [0.15, 0.2) is 6.10 Å². The van der Waals surface area contributed by atoms with Crippen molar-refractivity contribution in [3.05, 3.63) is 96.6 Å². The van der Waals surface area contributed by atoms with E-state index in [2.05, 4.69) is 30.4 Å². The standard InChI is InChI=1S/C32H40N2O6/c1-10-28(35)38-19-27(40-30(37)34-32(8,9)26-17-13-24(14-18-26)22(4)5)20-39-29(36)33-31(6,7)25-15-11-23(12-16-25)21(2)3/h10-18,27H,1-2,4,19-20H2,3,5-9H3,(H,33,36)(H,34,37). The highest BCUT2D eigenvalue weighted by Gasteiger charge is 2.28. The number of esters is 1. The predicted octanol–water partition coefficient (Wildman–Crippen LogP) is 6.47. The van der Waals surface area contributed by atoms with E-state index < -0.39 is 35.3 Å². The summed E-state index contributed by atoms with van der Waals surface area (Å²) in [6.45, 7) is 21.7. The molecule has 0 bridgehead atoms. The Morgan fingerprint density at radius 1 is 0.750 bits per heavy atom. The summed E-state index contributed by atoms with van der Waals surface area (Å²) >= 11 is 0. The van der Waals surface area contributed by atoms with Gasteiger partial charge >= 0.3 is 18.2 Å². The number of nitrogens with one attached hydrogen (secondary N) is 2. The van der Waals surface area contributed by atoms with Crippen LogP contribution in [0.1, 0.15) is 63.8 Å². The van der Waals surface area contributed by atoms with E-state index in [1.54, 1.807) is 0 Å². The van der Waals surface area contributed by atoms with Gasteiger partial charge in [-0.25, -0.2) is 14.4 Å². The number of carbonyl (C=O) groups is 3. The maximum atomic E-state index is 12.8. The molecule has 0 aliphatic heterocycles. The molecular weight excluding hydrogens is 508 g/mol. The van der Waals surface area contributed by atoms with Gasteiger partial charge in [0.1, 0.15) is 13.2 Å². The second kappa shape index (κ2) is 13.6. The van der Waals surface area contributed by atoms with Gasteiger partial charge in [-0.2, -0.15) is 0 Å². The van der Waals surface area contributed by atoms with Gasteiger partial charge in [0, 0.05) is 6.08 Å². The Morgan fingerprint density at radius 3 is 1.55 bits per heavy atom. The van der Waals surface area contributed by atoms with Crippen LogP contribution in [0, 0.1) is 0 Å². The van der Waals surface area contributed by atoms with E-state index in [1.165, 1.54) is 0 Å². The van der Waals surface area contributed by atoms with Gasteiger partial charge in [0.05, 0.1) is 11.1 Å². The summed E-state index contributed by atoms with van der Waals surface area (Å²) in [6, 6.07) is 15.3. The molecule has 0 spiro atoms. The minimum absolute atomic E-state index is 0.328. The van der Waals surface area contributed by atoms with Crippen molar-refractivity contribution in [1.29, 1.82) is 0 Å². The van der Waals surface area contributed by atoms with Crippen molar-refractivity contribution in [2.75, 3.05) is 13.2 Å². The molecule has 214 valence electrons. The Morgan fingerprint density at radius 2 is 1.15 bits per heavy atom. The molecular formula is C32H40N2O6. The molecule has 2 aromatic carbocycles. The Hall–Kier alpha value is -4.33. The first kappa shape index (κ1) is 31.9. The van der Waals surface area contributed by atoms with Gasteiger partial charge in [-0.15, -0.1) is 0 Å². The van der Waals surface area contributed by atoms with Crippen molar-refractivity contribution in [3.8, 4) is 0 Å². The first-order chi connectivity index (χ1) is 18.6. The average Bonchev–Trinajstić information content (AvgIpc) is 2.89. The van der Waals surface area contributed by atoms with E-state index in [0.717, 1.165) is 39.5 Å². The van der Waals surface area contributed by atoms with Crippen molar-refractivity contribution >= 4 is 29.3 Å². The van der Waals surface area contributed by atoms with Crippen LogP contribution in [0.2, 0.25) is 0 Å². The predicted molar refractivity (Wildman–Crippen MR) is 157 cm³/mol.